The van der Waals surface area contributed by atoms with Gasteiger partial charge >= 0.3 is 0 Å². The standard InChI is InChI=1S/C21H25N3O3.ClH/c1-14-9-15(11-22)12-23(14)20(25)18-10-16-5-2-3-6-17(16)13-24(18)21(26)19-7-4-8-27-19;/h2-8,14-15,18H,9-13,22H2,1H3;1H. The van der Waals surface area contributed by atoms with Crippen LogP contribution in [-0.2, 0) is 17.8 Å². The molecule has 0 aliphatic carbocycles. The lowest BCUT2D eigenvalue weighted by Crippen LogP contribution is -2.54. The first-order chi connectivity index (χ1) is 13.1. The molecular weight excluding hydrogens is 378 g/mol. The molecule has 3 atom stereocenters. The van der Waals surface area contributed by atoms with Crippen molar-refractivity contribution in [3.63, 3.8) is 0 Å². The minimum absolute atomic E-state index is 0. The highest BCUT2D eigenvalue weighted by atomic mass is 35.5. The molecule has 4 rings (SSSR count). The van der Waals surface area contributed by atoms with Gasteiger partial charge in [0.05, 0.1) is 6.26 Å². The highest BCUT2D eigenvalue weighted by molar-refractivity contribution is 5.96. The number of hydrogen-bond acceptors (Lipinski definition) is 4. The van der Waals surface area contributed by atoms with Crippen LogP contribution in [0.3, 0.4) is 0 Å². The number of furan rings is 1. The van der Waals surface area contributed by atoms with Gasteiger partial charge in [-0.1, -0.05) is 24.3 Å². The lowest BCUT2D eigenvalue weighted by Gasteiger charge is -2.38. The molecule has 2 aliphatic rings. The summed E-state index contributed by atoms with van der Waals surface area (Å²) in [5.74, 6) is 0.360. The van der Waals surface area contributed by atoms with Gasteiger partial charge in [0.1, 0.15) is 6.04 Å². The Balaban J connectivity index is 0.00000225. The molecule has 1 saturated heterocycles. The van der Waals surface area contributed by atoms with E-state index in [2.05, 4.69) is 6.92 Å². The summed E-state index contributed by atoms with van der Waals surface area (Å²) < 4.78 is 5.31. The zero-order valence-corrected chi connectivity index (χ0v) is 16.7. The molecule has 3 unspecified atom stereocenters. The van der Waals surface area contributed by atoms with Gasteiger partial charge in [-0.3, -0.25) is 9.59 Å². The molecule has 2 aromatic rings. The van der Waals surface area contributed by atoms with Crippen molar-refractivity contribution in [1.29, 1.82) is 0 Å². The van der Waals surface area contributed by atoms with Crippen LogP contribution in [0.5, 0.6) is 0 Å². The first-order valence-electron chi connectivity index (χ1n) is 9.50. The van der Waals surface area contributed by atoms with Crippen LogP contribution in [0.15, 0.2) is 47.1 Å². The molecule has 2 N–H and O–H groups in total. The number of carbonyl (C=O) groups excluding carboxylic acids is 2. The van der Waals surface area contributed by atoms with Crippen LogP contribution in [0, 0.1) is 5.92 Å². The third-order valence-electron chi connectivity index (χ3n) is 5.80. The summed E-state index contributed by atoms with van der Waals surface area (Å²) in [6.07, 6.45) is 2.92. The Labute approximate surface area is 171 Å². The first-order valence-corrected chi connectivity index (χ1v) is 9.50. The third-order valence-corrected chi connectivity index (χ3v) is 5.80. The molecule has 3 heterocycles. The Morgan fingerprint density at radius 1 is 1.14 bits per heavy atom. The zero-order valence-electron chi connectivity index (χ0n) is 15.9. The molecular formula is C21H26ClN3O3. The fourth-order valence-electron chi connectivity index (χ4n) is 4.31. The maximum atomic E-state index is 13.4. The number of fused-ring (bicyclic) bond motifs is 1. The Bertz CT molecular complexity index is 839. The van der Waals surface area contributed by atoms with E-state index in [1.807, 2.05) is 29.2 Å². The maximum Gasteiger partial charge on any atom is 0.290 e. The number of amides is 2. The number of rotatable bonds is 3. The fourth-order valence-corrected chi connectivity index (χ4v) is 4.31. The van der Waals surface area contributed by atoms with E-state index in [0.717, 1.165) is 17.5 Å². The molecule has 0 bridgehead atoms. The summed E-state index contributed by atoms with van der Waals surface area (Å²) in [5, 5.41) is 0. The molecule has 1 fully saturated rings. The highest BCUT2D eigenvalue weighted by Gasteiger charge is 2.41. The molecule has 0 radical (unpaired) electrons. The fraction of sp³-hybridized carbons (Fsp3) is 0.429. The Morgan fingerprint density at radius 2 is 1.89 bits per heavy atom. The summed E-state index contributed by atoms with van der Waals surface area (Å²) >= 11 is 0. The van der Waals surface area contributed by atoms with Crippen LogP contribution in [0.25, 0.3) is 0 Å². The Hall–Kier alpha value is -2.31. The van der Waals surface area contributed by atoms with E-state index < -0.39 is 6.04 Å². The number of hydrogen-bond donors (Lipinski definition) is 1. The van der Waals surface area contributed by atoms with E-state index in [0.29, 0.717) is 32.0 Å². The van der Waals surface area contributed by atoms with Crippen molar-refractivity contribution in [2.75, 3.05) is 13.1 Å². The topological polar surface area (TPSA) is 79.8 Å². The first kappa shape index (κ1) is 20.4. The van der Waals surface area contributed by atoms with Crippen LogP contribution in [0.1, 0.15) is 35.0 Å². The van der Waals surface area contributed by atoms with Crippen LogP contribution in [0.2, 0.25) is 0 Å². The van der Waals surface area contributed by atoms with Crippen molar-refractivity contribution in [3.05, 3.63) is 59.5 Å². The van der Waals surface area contributed by atoms with Gasteiger partial charge in [-0.2, -0.15) is 0 Å². The van der Waals surface area contributed by atoms with Crippen molar-refractivity contribution in [3.8, 4) is 0 Å². The molecule has 7 heteroatoms. The summed E-state index contributed by atoms with van der Waals surface area (Å²) in [7, 11) is 0. The normalized spacial score (nSPS) is 23.9. The molecule has 2 amide bonds. The van der Waals surface area contributed by atoms with E-state index in [9.17, 15) is 9.59 Å². The number of halogens is 1. The van der Waals surface area contributed by atoms with Crippen molar-refractivity contribution in [1.82, 2.24) is 9.80 Å². The third kappa shape index (κ3) is 3.66. The number of likely N-dealkylation sites (tertiary alicyclic amines) is 1. The smallest absolute Gasteiger partial charge is 0.290 e. The molecule has 2 aliphatic heterocycles. The van der Waals surface area contributed by atoms with Crippen LogP contribution in [0.4, 0.5) is 0 Å². The Morgan fingerprint density at radius 3 is 2.54 bits per heavy atom. The van der Waals surface area contributed by atoms with Gasteiger partial charge in [-0.05, 0) is 49.1 Å². The van der Waals surface area contributed by atoms with Gasteiger partial charge in [-0.25, -0.2) is 0 Å². The van der Waals surface area contributed by atoms with Gasteiger partial charge in [0.2, 0.25) is 5.91 Å². The van der Waals surface area contributed by atoms with Crippen molar-refractivity contribution in [2.45, 2.75) is 38.4 Å². The van der Waals surface area contributed by atoms with Crippen LogP contribution >= 0.6 is 12.4 Å². The second-order valence-corrected chi connectivity index (χ2v) is 7.58. The van der Waals surface area contributed by atoms with Crippen molar-refractivity contribution < 1.29 is 14.0 Å². The zero-order chi connectivity index (χ0) is 19.0. The van der Waals surface area contributed by atoms with Crippen LogP contribution in [-0.4, -0.2) is 46.8 Å². The van der Waals surface area contributed by atoms with E-state index in [4.69, 9.17) is 10.2 Å². The predicted octanol–water partition coefficient (Wildman–Crippen LogP) is 2.46. The number of nitrogens with zero attached hydrogens (tertiary/aromatic N) is 2. The lowest BCUT2D eigenvalue weighted by molar-refractivity contribution is -0.137. The molecule has 1 aromatic carbocycles. The van der Waals surface area contributed by atoms with E-state index in [1.165, 1.54) is 6.26 Å². The number of benzene rings is 1. The molecule has 28 heavy (non-hydrogen) atoms. The molecule has 150 valence electrons. The second-order valence-electron chi connectivity index (χ2n) is 7.58. The largest absolute Gasteiger partial charge is 0.459 e. The van der Waals surface area contributed by atoms with E-state index in [1.54, 1.807) is 17.0 Å². The second kappa shape index (κ2) is 8.37. The highest BCUT2D eigenvalue weighted by Crippen LogP contribution is 2.29. The van der Waals surface area contributed by atoms with Gasteiger partial charge in [0.15, 0.2) is 5.76 Å². The number of carbonyl (C=O) groups is 2. The molecule has 0 saturated carbocycles. The van der Waals surface area contributed by atoms with Gasteiger partial charge in [-0.15, -0.1) is 12.4 Å². The van der Waals surface area contributed by atoms with Gasteiger partial charge in [0, 0.05) is 25.6 Å². The van der Waals surface area contributed by atoms with Crippen molar-refractivity contribution >= 4 is 24.2 Å². The predicted molar refractivity (Wildman–Crippen MR) is 108 cm³/mol. The maximum absolute atomic E-state index is 13.4. The summed E-state index contributed by atoms with van der Waals surface area (Å²) in [6, 6.07) is 11.0. The summed E-state index contributed by atoms with van der Waals surface area (Å²) in [6.45, 7) is 3.71. The van der Waals surface area contributed by atoms with Gasteiger partial charge < -0.3 is 20.0 Å². The average molecular weight is 404 g/mol. The molecule has 1 aromatic heterocycles. The van der Waals surface area contributed by atoms with E-state index in [-0.39, 0.29) is 36.0 Å². The number of nitrogens with two attached hydrogens (primary N) is 1. The summed E-state index contributed by atoms with van der Waals surface area (Å²) in [4.78, 5) is 30.0. The molecule has 0 spiro atoms. The monoisotopic (exact) mass is 403 g/mol. The minimum atomic E-state index is -0.517. The lowest BCUT2D eigenvalue weighted by atomic mass is 9.92. The minimum Gasteiger partial charge on any atom is -0.459 e. The average Bonchev–Trinajstić information content (AvgIpc) is 3.35. The molecule has 6 nitrogen and oxygen atoms in total. The SMILES string of the molecule is CC1CC(CN)CN1C(=O)C1Cc2ccccc2CN1C(=O)c1ccco1.Cl. The Kier molecular flexibility index (Phi) is 6.10. The van der Waals surface area contributed by atoms with Crippen LogP contribution < -0.4 is 5.73 Å². The van der Waals surface area contributed by atoms with Crippen molar-refractivity contribution in [2.24, 2.45) is 11.7 Å². The van der Waals surface area contributed by atoms with E-state index >= 15 is 0 Å². The summed E-state index contributed by atoms with van der Waals surface area (Å²) in [5.41, 5.74) is 8.03. The quantitative estimate of drug-likeness (QED) is 0.853. The van der Waals surface area contributed by atoms with Gasteiger partial charge in [0.25, 0.3) is 5.91 Å².